The van der Waals surface area contributed by atoms with Crippen molar-refractivity contribution in [3.8, 4) is 0 Å². The Labute approximate surface area is 190 Å². The molecule has 1 aromatic carbocycles. The molecule has 1 aliphatic rings. The fraction of sp³-hybridized carbons (Fsp3) is 0.375. The number of aromatic nitrogens is 1. The lowest BCUT2D eigenvalue weighted by molar-refractivity contribution is -0.126. The van der Waals surface area contributed by atoms with E-state index < -0.39 is 0 Å². The maximum absolute atomic E-state index is 12.9. The van der Waals surface area contributed by atoms with Crippen molar-refractivity contribution in [1.29, 1.82) is 0 Å². The summed E-state index contributed by atoms with van der Waals surface area (Å²) < 4.78 is 5.03. The van der Waals surface area contributed by atoms with E-state index in [9.17, 15) is 14.4 Å². The SMILES string of the molecule is COCC(=O)c1c(NC(=O)c2cccs2)[nH]c2cc(NC(=O)C3(C)CCCCC3)ccc12. The second-order valence-electron chi connectivity index (χ2n) is 8.50. The molecule has 32 heavy (non-hydrogen) atoms. The van der Waals surface area contributed by atoms with Crippen molar-refractivity contribution in [2.45, 2.75) is 39.0 Å². The number of methoxy groups -OCH3 is 1. The average Bonchev–Trinajstić information content (AvgIpc) is 3.42. The monoisotopic (exact) mass is 453 g/mol. The normalized spacial score (nSPS) is 15.4. The van der Waals surface area contributed by atoms with Crippen molar-refractivity contribution < 1.29 is 19.1 Å². The second kappa shape index (κ2) is 9.26. The standard InChI is InChI=1S/C24H27N3O4S/c1-24(10-4-3-5-11-24)23(30)25-15-8-9-16-17(13-15)26-21(20(16)18(28)14-31-2)27-22(29)19-7-6-12-32-19/h6-9,12-13,26H,3-5,10-11,14H2,1-2H3,(H,25,30)(H,27,29). The molecule has 2 amide bonds. The molecule has 0 aliphatic heterocycles. The van der Waals surface area contributed by atoms with E-state index in [2.05, 4.69) is 15.6 Å². The van der Waals surface area contributed by atoms with Crippen LogP contribution in [0.5, 0.6) is 0 Å². The average molecular weight is 454 g/mol. The van der Waals surface area contributed by atoms with E-state index >= 15 is 0 Å². The Morgan fingerprint density at radius 1 is 1.12 bits per heavy atom. The van der Waals surface area contributed by atoms with Crippen molar-refractivity contribution in [3.05, 3.63) is 46.2 Å². The molecule has 1 saturated carbocycles. The molecule has 0 unspecified atom stereocenters. The Morgan fingerprint density at radius 2 is 1.91 bits per heavy atom. The van der Waals surface area contributed by atoms with Gasteiger partial charge < -0.3 is 20.4 Å². The van der Waals surface area contributed by atoms with Gasteiger partial charge in [-0.05, 0) is 42.5 Å². The molecule has 2 heterocycles. The molecule has 0 atom stereocenters. The van der Waals surface area contributed by atoms with Crippen molar-refractivity contribution in [2.75, 3.05) is 24.4 Å². The lowest BCUT2D eigenvalue weighted by atomic mass is 9.75. The smallest absolute Gasteiger partial charge is 0.266 e. The highest BCUT2D eigenvalue weighted by Gasteiger charge is 2.34. The van der Waals surface area contributed by atoms with E-state index in [0.29, 0.717) is 32.8 Å². The van der Waals surface area contributed by atoms with Crippen LogP contribution in [0.4, 0.5) is 11.5 Å². The predicted molar refractivity (Wildman–Crippen MR) is 127 cm³/mol. The van der Waals surface area contributed by atoms with E-state index in [1.165, 1.54) is 24.9 Å². The molecule has 0 bridgehead atoms. The number of carbonyl (C=O) groups is 3. The number of aromatic amines is 1. The first-order valence-corrected chi connectivity index (χ1v) is 11.6. The summed E-state index contributed by atoms with van der Waals surface area (Å²) >= 11 is 1.32. The Kier molecular flexibility index (Phi) is 6.43. The van der Waals surface area contributed by atoms with Gasteiger partial charge in [-0.15, -0.1) is 11.3 Å². The first kappa shape index (κ1) is 22.2. The van der Waals surface area contributed by atoms with Crippen LogP contribution in [0.15, 0.2) is 35.7 Å². The summed E-state index contributed by atoms with van der Waals surface area (Å²) in [5.74, 6) is -0.198. The van der Waals surface area contributed by atoms with E-state index in [1.807, 2.05) is 12.3 Å². The number of fused-ring (bicyclic) bond motifs is 1. The number of carbonyl (C=O) groups excluding carboxylic acids is 3. The molecule has 2 aromatic heterocycles. The number of hydrogen-bond donors (Lipinski definition) is 3. The highest BCUT2D eigenvalue weighted by atomic mass is 32.1. The number of hydrogen-bond acceptors (Lipinski definition) is 5. The summed E-state index contributed by atoms with van der Waals surface area (Å²) in [6, 6.07) is 8.88. The molecule has 1 fully saturated rings. The largest absolute Gasteiger partial charge is 0.377 e. The molecule has 1 aliphatic carbocycles. The minimum atomic E-state index is -0.359. The van der Waals surface area contributed by atoms with Crippen molar-refractivity contribution in [1.82, 2.24) is 4.98 Å². The fourth-order valence-electron chi connectivity index (χ4n) is 4.29. The zero-order valence-corrected chi connectivity index (χ0v) is 19.1. The van der Waals surface area contributed by atoms with Crippen LogP contribution in [0.25, 0.3) is 10.9 Å². The quantitative estimate of drug-likeness (QED) is 0.427. The Balaban J connectivity index is 1.64. The van der Waals surface area contributed by atoms with Gasteiger partial charge in [0.05, 0.1) is 10.4 Å². The number of nitrogens with one attached hydrogen (secondary N) is 3. The lowest BCUT2D eigenvalue weighted by Crippen LogP contribution is -2.35. The van der Waals surface area contributed by atoms with Gasteiger partial charge in [-0.1, -0.05) is 32.3 Å². The van der Waals surface area contributed by atoms with Crippen LogP contribution in [0.1, 0.15) is 59.1 Å². The van der Waals surface area contributed by atoms with Crippen LogP contribution >= 0.6 is 11.3 Å². The molecule has 8 heteroatoms. The van der Waals surface area contributed by atoms with Crippen LogP contribution in [-0.2, 0) is 9.53 Å². The summed E-state index contributed by atoms with van der Waals surface area (Å²) in [6.07, 6.45) is 5.08. The van der Waals surface area contributed by atoms with E-state index in [-0.39, 0.29) is 29.6 Å². The summed E-state index contributed by atoms with van der Waals surface area (Å²) in [7, 11) is 1.45. The topological polar surface area (TPSA) is 100 Å². The third kappa shape index (κ3) is 4.47. The van der Waals surface area contributed by atoms with E-state index in [1.54, 1.807) is 30.3 Å². The van der Waals surface area contributed by atoms with Gasteiger partial charge in [0.25, 0.3) is 5.91 Å². The number of H-pyrrole nitrogens is 1. The Hall–Kier alpha value is -2.97. The second-order valence-corrected chi connectivity index (χ2v) is 9.45. The number of ether oxygens (including phenoxy) is 1. The minimum absolute atomic E-state index is 0.0185. The Morgan fingerprint density at radius 3 is 2.59 bits per heavy atom. The molecule has 4 rings (SSSR count). The van der Waals surface area contributed by atoms with Gasteiger partial charge in [0, 0.05) is 29.1 Å². The first-order chi connectivity index (χ1) is 15.4. The molecule has 3 aromatic rings. The molecular weight excluding hydrogens is 426 g/mol. The van der Waals surface area contributed by atoms with Gasteiger partial charge in [-0.2, -0.15) is 0 Å². The zero-order chi connectivity index (χ0) is 22.7. The van der Waals surface area contributed by atoms with Gasteiger partial charge in [0.2, 0.25) is 5.91 Å². The number of thiophene rings is 1. The highest BCUT2D eigenvalue weighted by molar-refractivity contribution is 7.12. The van der Waals surface area contributed by atoms with Gasteiger partial charge >= 0.3 is 0 Å². The summed E-state index contributed by atoms with van der Waals surface area (Å²) in [5.41, 5.74) is 1.31. The van der Waals surface area contributed by atoms with Gasteiger partial charge in [0.15, 0.2) is 5.78 Å². The molecule has 0 radical (unpaired) electrons. The van der Waals surface area contributed by atoms with Gasteiger partial charge in [-0.3, -0.25) is 14.4 Å². The summed E-state index contributed by atoms with van der Waals surface area (Å²) in [5, 5.41) is 8.33. The summed E-state index contributed by atoms with van der Waals surface area (Å²) in [4.78, 5) is 42.0. The molecule has 7 nitrogen and oxygen atoms in total. The van der Waals surface area contributed by atoms with E-state index in [4.69, 9.17) is 4.74 Å². The van der Waals surface area contributed by atoms with Gasteiger partial charge in [-0.25, -0.2) is 0 Å². The Bertz CT molecular complexity index is 1140. The summed E-state index contributed by atoms with van der Waals surface area (Å²) in [6.45, 7) is 1.92. The van der Waals surface area contributed by atoms with Crippen LogP contribution in [-0.4, -0.2) is 36.3 Å². The molecule has 168 valence electrons. The number of rotatable bonds is 7. The number of benzene rings is 1. The number of ketones is 1. The third-order valence-corrected chi connectivity index (χ3v) is 6.97. The predicted octanol–water partition coefficient (Wildman–Crippen LogP) is 5.22. The maximum Gasteiger partial charge on any atom is 0.266 e. The highest BCUT2D eigenvalue weighted by Crippen LogP contribution is 2.37. The van der Waals surface area contributed by atoms with Crippen LogP contribution < -0.4 is 10.6 Å². The molecule has 0 spiro atoms. The number of anilines is 2. The fourth-order valence-corrected chi connectivity index (χ4v) is 4.90. The lowest BCUT2D eigenvalue weighted by Gasteiger charge is -2.32. The maximum atomic E-state index is 12.9. The first-order valence-electron chi connectivity index (χ1n) is 10.8. The van der Waals surface area contributed by atoms with Crippen molar-refractivity contribution in [3.63, 3.8) is 0 Å². The van der Waals surface area contributed by atoms with Crippen LogP contribution in [0.3, 0.4) is 0 Å². The van der Waals surface area contributed by atoms with Gasteiger partial charge in [0.1, 0.15) is 12.4 Å². The van der Waals surface area contributed by atoms with E-state index in [0.717, 1.165) is 25.7 Å². The van der Waals surface area contributed by atoms with Crippen LogP contribution in [0.2, 0.25) is 0 Å². The third-order valence-electron chi connectivity index (χ3n) is 6.10. The van der Waals surface area contributed by atoms with Crippen molar-refractivity contribution in [2.24, 2.45) is 5.41 Å². The van der Waals surface area contributed by atoms with Crippen LogP contribution in [0, 0.1) is 5.41 Å². The van der Waals surface area contributed by atoms with Crippen molar-refractivity contribution >= 4 is 51.3 Å². The number of Topliss-reactive ketones (excluding diaryl/α,β-unsaturated/α-hetero) is 1. The molecule has 3 N–H and O–H groups in total. The molecule has 0 saturated heterocycles. The molecular formula is C24H27N3O4S. The minimum Gasteiger partial charge on any atom is -0.377 e. The zero-order valence-electron chi connectivity index (χ0n) is 18.2. The number of amides is 2.